The van der Waals surface area contributed by atoms with Gasteiger partial charge in [0, 0.05) is 0 Å². The zero-order valence-corrected chi connectivity index (χ0v) is 13.0. The molecule has 0 aliphatic heterocycles. The molecule has 0 amide bonds. The topological polar surface area (TPSA) is 83.5 Å². The van der Waals surface area contributed by atoms with Gasteiger partial charge in [-0.2, -0.15) is 4.72 Å². The van der Waals surface area contributed by atoms with Crippen LogP contribution in [0.25, 0.3) is 0 Å². The fourth-order valence-corrected chi connectivity index (χ4v) is 3.12. The lowest BCUT2D eigenvalue weighted by molar-refractivity contribution is -0.139. The number of carboxylic acids is 1. The van der Waals surface area contributed by atoms with E-state index in [4.69, 9.17) is 0 Å². The number of nitrogens with one attached hydrogen (secondary N) is 1. The Morgan fingerprint density at radius 3 is 2.40 bits per heavy atom. The summed E-state index contributed by atoms with van der Waals surface area (Å²) in [6, 6.07) is 5.23. The molecule has 0 heterocycles. The minimum absolute atomic E-state index is 0.0812. The Hall–Kier alpha value is -1.40. The lowest BCUT2D eigenvalue weighted by Gasteiger charge is -2.23. The summed E-state index contributed by atoms with van der Waals surface area (Å²) in [6.45, 7) is 7.38. The number of carbonyl (C=O) groups is 1. The Bertz CT molecular complexity index is 587. The van der Waals surface area contributed by atoms with Crippen LogP contribution in [0.2, 0.25) is 0 Å². The van der Waals surface area contributed by atoms with E-state index < -0.39 is 22.0 Å². The fourth-order valence-electron chi connectivity index (χ4n) is 1.83. The first-order valence-corrected chi connectivity index (χ1v) is 7.81. The first kappa shape index (κ1) is 16.7. The highest BCUT2D eigenvalue weighted by atomic mass is 32.2. The van der Waals surface area contributed by atoms with Gasteiger partial charge in [0.2, 0.25) is 10.0 Å². The van der Waals surface area contributed by atoms with Crippen molar-refractivity contribution in [2.24, 2.45) is 5.41 Å². The zero-order chi connectivity index (χ0) is 15.6. The number of aryl methyl sites for hydroxylation is 1. The van der Waals surface area contributed by atoms with Crippen LogP contribution in [0.1, 0.15) is 32.8 Å². The van der Waals surface area contributed by atoms with E-state index in [-0.39, 0.29) is 16.7 Å². The average Bonchev–Trinajstić information content (AvgIpc) is 2.25. The van der Waals surface area contributed by atoms with Crippen molar-refractivity contribution in [3.8, 4) is 0 Å². The van der Waals surface area contributed by atoms with E-state index in [0.29, 0.717) is 0 Å². The van der Waals surface area contributed by atoms with Crippen LogP contribution in [0, 0.1) is 12.3 Å². The molecule has 0 aliphatic rings. The van der Waals surface area contributed by atoms with Crippen LogP contribution in [-0.4, -0.2) is 25.5 Å². The third-order valence-corrected chi connectivity index (χ3v) is 4.18. The van der Waals surface area contributed by atoms with Crippen LogP contribution in [0.4, 0.5) is 0 Å². The Balaban J connectivity index is 3.01. The largest absolute Gasteiger partial charge is 0.480 e. The number of aliphatic carboxylic acids is 1. The first-order valence-electron chi connectivity index (χ1n) is 6.33. The summed E-state index contributed by atoms with van der Waals surface area (Å²) in [6.07, 6.45) is 0.216. The van der Waals surface area contributed by atoms with Crippen molar-refractivity contribution in [1.82, 2.24) is 4.72 Å². The highest BCUT2D eigenvalue weighted by Crippen LogP contribution is 2.22. The molecule has 112 valence electrons. The third kappa shape index (κ3) is 4.94. The maximum atomic E-state index is 12.2. The van der Waals surface area contributed by atoms with Crippen molar-refractivity contribution >= 4 is 16.0 Å². The standard InChI is InChI=1S/C14H21NO4S/c1-10-6-5-7-11(8-10)20(18,19)15-12(13(16)17)9-14(2,3)4/h5-8,12,15H,9H2,1-4H3,(H,16,17)/t12-/m0/s1. The molecule has 0 saturated carbocycles. The molecule has 1 atom stereocenters. The van der Waals surface area contributed by atoms with Crippen molar-refractivity contribution in [3.05, 3.63) is 29.8 Å². The van der Waals surface area contributed by atoms with Crippen molar-refractivity contribution in [2.45, 2.75) is 45.1 Å². The molecule has 1 aromatic rings. The maximum Gasteiger partial charge on any atom is 0.321 e. The van der Waals surface area contributed by atoms with E-state index >= 15 is 0 Å². The minimum atomic E-state index is -3.83. The molecular formula is C14H21NO4S. The van der Waals surface area contributed by atoms with Gasteiger partial charge in [-0.3, -0.25) is 4.79 Å². The summed E-state index contributed by atoms with van der Waals surface area (Å²) in [5.74, 6) is -1.17. The summed E-state index contributed by atoms with van der Waals surface area (Å²) in [4.78, 5) is 11.3. The number of rotatable bonds is 5. The van der Waals surface area contributed by atoms with Gasteiger partial charge in [0.25, 0.3) is 0 Å². The summed E-state index contributed by atoms with van der Waals surface area (Å²) in [5, 5.41) is 9.17. The normalized spacial score (nSPS) is 14.0. The Kier molecular flexibility index (Phi) is 4.94. The number of carboxylic acid groups (broad SMARTS) is 1. The van der Waals surface area contributed by atoms with Crippen molar-refractivity contribution < 1.29 is 18.3 Å². The van der Waals surface area contributed by atoms with Gasteiger partial charge in [-0.1, -0.05) is 32.9 Å². The number of benzene rings is 1. The van der Waals surface area contributed by atoms with Crippen LogP contribution < -0.4 is 4.72 Å². The predicted molar refractivity (Wildman–Crippen MR) is 77.0 cm³/mol. The maximum absolute atomic E-state index is 12.2. The van der Waals surface area contributed by atoms with Gasteiger partial charge in [0.05, 0.1) is 4.90 Å². The zero-order valence-electron chi connectivity index (χ0n) is 12.2. The number of hydrogen-bond donors (Lipinski definition) is 2. The number of sulfonamides is 1. The second kappa shape index (κ2) is 5.93. The molecule has 20 heavy (non-hydrogen) atoms. The molecule has 2 N–H and O–H groups in total. The molecule has 1 aromatic carbocycles. The summed E-state index contributed by atoms with van der Waals surface area (Å²) < 4.78 is 26.7. The molecule has 5 nitrogen and oxygen atoms in total. The second-order valence-corrected chi connectivity index (χ2v) is 7.81. The van der Waals surface area contributed by atoms with Gasteiger partial charge in [0.15, 0.2) is 0 Å². The summed E-state index contributed by atoms with van der Waals surface area (Å²) >= 11 is 0. The third-order valence-electron chi connectivity index (χ3n) is 2.71. The quantitative estimate of drug-likeness (QED) is 0.872. The monoisotopic (exact) mass is 299 g/mol. The molecule has 0 radical (unpaired) electrons. The Labute approximate surface area is 120 Å². The van der Waals surface area contributed by atoms with Crippen molar-refractivity contribution in [1.29, 1.82) is 0 Å². The minimum Gasteiger partial charge on any atom is -0.480 e. The van der Waals surface area contributed by atoms with E-state index in [0.717, 1.165) is 5.56 Å². The van der Waals surface area contributed by atoms with Gasteiger partial charge >= 0.3 is 5.97 Å². The summed E-state index contributed by atoms with van der Waals surface area (Å²) in [7, 11) is -3.83. The van der Waals surface area contributed by atoms with Crippen LogP contribution in [0.5, 0.6) is 0 Å². The molecule has 6 heteroatoms. The van der Waals surface area contributed by atoms with E-state index in [1.165, 1.54) is 12.1 Å². The van der Waals surface area contributed by atoms with Crippen molar-refractivity contribution in [2.75, 3.05) is 0 Å². The van der Waals surface area contributed by atoms with Crippen LogP contribution in [-0.2, 0) is 14.8 Å². The lowest BCUT2D eigenvalue weighted by Crippen LogP contribution is -2.43. The average molecular weight is 299 g/mol. The van der Waals surface area contributed by atoms with Gasteiger partial charge in [-0.15, -0.1) is 0 Å². The molecule has 0 saturated heterocycles. The van der Waals surface area contributed by atoms with Gasteiger partial charge in [-0.25, -0.2) is 8.42 Å². The SMILES string of the molecule is Cc1cccc(S(=O)(=O)N[C@@H](CC(C)(C)C)C(=O)O)c1. The van der Waals surface area contributed by atoms with E-state index in [2.05, 4.69) is 4.72 Å². The molecule has 0 bridgehead atoms. The molecule has 0 aliphatic carbocycles. The van der Waals surface area contributed by atoms with E-state index in [1.807, 2.05) is 20.8 Å². The second-order valence-electron chi connectivity index (χ2n) is 6.09. The van der Waals surface area contributed by atoms with Crippen LogP contribution >= 0.6 is 0 Å². The molecule has 0 aromatic heterocycles. The first-order chi connectivity index (χ1) is 9.01. The molecule has 1 rings (SSSR count). The van der Waals surface area contributed by atoms with Gasteiger partial charge < -0.3 is 5.11 Å². The van der Waals surface area contributed by atoms with E-state index in [1.54, 1.807) is 19.1 Å². The molecule has 0 fully saturated rings. The van der Waals surface area contributed by atoms with Crippen molar-refractivity contribution in [3.63, 3.8) is 0 Å². The molecule has 0 unspecified atom stereocenters. The Morgan fingerprint density at radius 1 is 1.35 bits per heavy atom. The number of hydrogen-bond acceptors (Lipinski definition) is 3. The smallest absolute Gasteiger partial charge is 0.321 e. The fraction of sp³-hybridized carbons (Fsp3) is 0.500. The molecular weight excluding hydrogens is 278 g/mol. The van der Waals surface area contributed by atoms with Crippen LogP contribution in [0.15, 0.2) is 29.2 Å². The van der Waals surface area contributed by atoms with E-state index in [9.17, 15) is 18.3 Å². The predicted octanol–water partition coefficient (Wildman–Crippen LogP) is 2.16. The van der Waals surface area contributed by atoms with Crippen LogP contribution in [0.3, 0.4) is 0 Å². The Morgan fingerprint density at radius 2 is 1.95 bits per heavy atom. The highest BCUT2D eigenvalue weighted by Gasteiger charge is 2.29. The highest BCUT2D eigenvalue weighted by molar-refractivity contribution is 7.89. The summed E-state index contributed by atoms with van der Waals surface area (Å²) in [5.41, 5.74) is 0.508. The molecule has 0 spiro atoms. The van der Waals surface area contributed by atoms with Gasteiger partial charge in [0.1, 0.15) is 6.04 Å². The lowest BCUT2D eigenvalue weighted by atomic mass is 9.88. The van der Waals surface area contributed by atoms with Gasteiger partial charge in [-0.05, 0) is 36.5 Å².